The van der Waals surface area contributed by atoms with Crippen LogP contribution in [0.3, 0.4) is 0 Å². The first kappa shape index (κ1) is 13.9. The number of anilines is 1. The average Bonchev–Trinajstić information content (AvgIpc) is 2.79. The highest BCUT2D eigenvalue weighted by Crippen LogP contribution is 2.31. The second kappa shape index (κ2) is 5.04. The van der Waals surface area contributed by atoms with E-state index >= 15 is 0 Å². The Labute approximate surface area is 127 Å². The van der Waals surface area contributed by atoms with E-state index in [-0.39, 0.29) is 11.9 Å². The Morgan fingerprint density at radius 3 is 2.76 bits per heavy atom. The topological polar surface area (TPSA) is 43.8 Å². The Hall–Kier alpha value is -2.07. The molecule has 0 aliphatic rings. The lowest BCUT2D eigenvalue weighted by atomic mass is 10.1. The minimum Gasteiger partial charge on any atom is -0.369 e. The summed E-state index contributed by atoms with van der Waals surface area (Å²) in [5.74, 6) is 0.145. The number of para-hydroxylation sites is 1. The summed E-state index contributed by atoms with van der Waals surface area (Å²) >= 11 is 6.15. The van der Waals surface area contributed by atoms with E-state index < -0.39 is 0 Å². The first-order valence-electron chi connectivity index (χ1n) is 6.67. The zero-order valence-corrected chi connectivity index (χ0v) is 12.5. The van der Waals surface area contributed by atoms with Crippen molar-refractivity contribution in [3.05, 3.63) is 58.4 Å². The van der Waals surface area contributed by atoms with E-state index in [0.29, 0.717) is 22.1 Å². The summed E-state index contributed by atoms with van der Waals surface area (Å²) in [4.78, 5) is 4.31. The van der Waals surface area contributed by atoms with Crippen molar-refractivity contribution in [3.63, 3.8) is 0 Å². The van der Waals surface area contributed by atoms with E-state index in [9.17, 15) is 4.39 Å². The molecule has 5 heteroatoms. The zero-order valence-electron chi connectivity index (χ0n) is 11.8. The highest BCUT2D eigenvalue weighted by molar-refractivity contribution is 6.35. The minimum absolute atomic E-state index is 0.136. The third kappa shape index (κ3) is 2.25. The zero-order chi connectivity index (χ0) is 15.1. The smallest absolute Gasteiger partial charge is 0.201 e. The third-order valence-corrected chi connectivity index (χ3v) is 4.07. The molecule has 1 heterocycles. The van der Waals surface area contributed by atoms with Gasteiger partial charge in [-0.25, -0.2) is 9.37 Å². The molecule has 0 aliphatic heterocycles. The Kier molecular flexibility index (Phi) is 3.33. The van der Waals surface area contributed by atoms with Crippen molar-refractivity contribution in [2.24, 2.45) is 0 Å². The summed E-state index contributed by atoms with van der Waals surface area (Å²) in [7, 11) is 0. The molecule has 0 radical (unpaired) electrons. The largest absolute Gasteiger partial charge is 0.369 e. The fraction of sp³-hybridized carbons (Fsp3) is 0.188. The molecule has 0 fully saturated rings. The number of fused-ring (bicyclic) bond motifs is 1. The summed E-state index contributed by atoms with van der Waals surface area (Å²) in [6.07, 6.45) is 0. The van der Waals surface area contributed by atoms with Gasteiger partial charge in [0, 0.05) is 0 Å². The summed E-state index contributed by atoms with van der Waals surface area (Å²) in [5, 5.41) is 0.556. The van der Waals surface area contributed by atoms with Crippen LogP contribution >= 0.6 is 11.6 Å². The van der Waals surface area contributed by atoms with Crippen LogP contribution in [0, 0.1) is 12.7 Å². The van der Waals surface area contributed by atoms with Gasteiger partial charge in [-0.2, -0.15) is 0 Å². The standard InChI is InChI=1S/C16H15ClFN3/c1-9-6-7-11(8-13(9)18)10(2)21-14-5-3-4-12(17)15(14)20-16(21)19/h3-8,10H,1-2H3,(H2,19,20). The quantitative estimate of drug-likeness (QED) is 0.766. The van der Waals surface area contributed by atoms with Gasteiger partial charge in [0.25, 0.3) is 0 Å². The van der Waals surface area contributed by atoms with E-state index in [4.69, 9.17) is 17.3 Å². The molecule has 21 heavy (non-hydrogen) atoms. The van der Waals surface area contributed by atoms with Gasteiger partial charge in [-0.05, 0) is 43.2 Å². The molecule has 0 saturated carbocycles. The van der Waals surface area contributed by atoms with Gasteiger partial charge in [-0.15, -0.1) is 0 Å². The van der Waals surface area contributed by atoms with E-state index in [1.807, 2.05) is 29.7 Å². The van der Waals surface area contributed by atoms with Crippen LogP contribution < -0.4 is 5.73 Å². The number of aryl methyl sites for hydroxylation is 1. The molecule has 108 valence electrons. The van der Waals surface area contributed by atoms with E-state index in [1.54, 1.807) is 19.1 Å². The lowest BCUT2D eigenvalue weighted by molar-refractivity contribution is 0.604. The molecule has 0 bridgehead atoms. The van der Waals surface area contributed by atoms with Gasteiger partial charge < -0.3 is 10.3 Å². The molecule has 2 aromatic carbocycles. The van der Waals surface area contributed by atoms with Crippen LogP contribution in [0.4, 0.5) is 10.3 Å². The van der Waals surface area contributed by atoms with Crippen LogP contribution in [-0.2, 0) is 0 Å². The van der Waals surface area contributed by atoms with Gasteiger partial charge in [-0.1, -0.05) is 29.8 Å². The fourth-order valence-corrected chi connectivity index (χ4v) is 2.74. The molecule has 3 nitrogen and oxygen atoms in total. The average molecular weight is 304 g/mol. The Morgan fingerprint density at radius 1 is 1.29 bits per heavy atom. The molecule has 0 saturated heterocycles. The highest BCUT2D eigenvalue weighted by Gasteiger charge is 2.17. The number of benzene rings is 2. The van der Waals surface area contributed by atoms with Crippen molar-refractivity contribution in [2.45, 2.75) is 19.9 Å². The Bertz CT molecular complexity index is 826. The number of hydrogen-bond acceptors (Lipinski definition) is 2. The second-order valence-corrected chi connectivity index (χ2v) is 5.54. The molecular formula is C16H15ClFN3. The van der Waals surface area contributed by atoms with Crippen molar-refractivity contribution in [1.29, 1.82) is 0 Å². The van der Waals surface area contributed by atoms with Crippen molar-refractivity contribution in [1.82, 2.24) is 9.55 Å². The number of halogens is 2. The highest BCUT2D eigenvalue weighted by atomic mass is 35.5. The molecule has 0 spiro atoms. The van der Waals surface area contributed by atoms with E-state index in [0.717, 1.165) is 11.1 Å². The molecular weight excluding hydrogens is 289 g/mol. The van der Waals surface area contributed by atoms with Crippen LogP contribution in [0.15, 0.2) is 36.4 Å². The summed E-state index contributed by atoms with van der Waals surface area (Å²) in [6, 6.07) is 10.6. The number of nitrogens with two attached hydrogens (primary N) is 1. The fourth-order valence-electron chi connectivity index (χ4n) is 2.53. The summed E-state index contributed by atoms with van der Waals surface area (Å²) in [5.41, 5.74) is 8.99. The normalized spacial score (nSPS) is 12.8. The lowest BCUT2D eigenvalue weighted by Crippen LogP contribution is -2.10. The van der Waals surface area contributed by atoms with Crippen LogP contribution in [0.2, 0.25) is 5.02 Å². The van der Waals surface area contributed by atoms with Crippen LogP contribution in [-0.4, -0.2) is 9.55 Å². The molecule has 1 unspecified atom stereocenters. The first-order chi connectivity index (χ1) is 9.99. The van der Waals surface area contributed by atoms with Gasteiger partial charge in [0.1, 0.15) is 11.3 Å². The van der Waals surface area contributed by atoms with Crippen LogP contribution in [0.1, 0.15) is 24.1 Å². The van der Waals surface area contributed by atoms with Crippen molar-refractivity contribution in [3.8, 4) is 0 Å². The molecule has 3 aromatic rings. The van der Waals surface area contributed by atoms with Gasteiger partial charge >= 0.3 is 0 Å². The Morgan fingerprint density at radius 2 is 2.05 bits per heavy atom. The predicted octanol–water partition coefficient (Wildman–Crippen LogP) is 4.33. The second-order valence-electron chi connectivity index (χ2n) is 5.13. The Balaban J connectivity index is 2.17. The number of nitrogens with zero attached hydrogens (tertiary/aromatic N) is 2. The maximum Gasteiger partial charge on any atom is 0.201 e. The SMILES string of the molecule is Cc1ccc(C(C)n2c(N)nc3c(Cl)cccc32)cc1F. The lowest BCUT2D eigenvalue weighted by Gasteiger charge is -2.17. The maximum absolute atomic E-state index is 13.8. The monoisotopic (exact) mass is 303 g/mol. The first-order valence-corrected chi connectivity index (χ1v) is 7.05. The maximum atomic E-state index is 13.8. The van der Waals surface area contributed by atoms with Crippen molar-refractivity contribution < 1.29 is 4.39 Å². The molecule has 2 N–H and O–H groups in total. The number of rotatable bonds is 2. The van der Waals surface area contributed by atoms with Crippen LogP contribution in [0.5, 0.6) is 0 Å². The van der Waals surface area contributed by atoms with Gasteiger partial charge in [0.15, 0.2) is 0 Å². The number of nitrogen functional groups attached to an aromatic ring is 1. The van der Waals surface area contributed by atoms with Crippen LogP contribution in [0.25, 0.3) is 11.0 Å². The van der Waals surface area contributed by atoms with E-state index in [2.05, 4.69) is 4.98 Å². The summed E-state index contributed by atoms with van der Waals surface area (Å²) < 4.78 is 15.6. The minimum atomic E-state index is -0.222. The summed E-state index contributed by atoms with van der Waals surface area (Å²) in [6.45, 7) is 3.70. The van der Waals surface area contributed by atoms with Gasteiger partial charge in [0.05, 0.1) is 16.6 Å². The predicted molar refractivity (Wildman–Crippen MR) is 84.1 cm³/mol. The number of aromatic nitrogens is 2. The molecule has 1 aromatic heterocycles. The van der Waals surface area contributed by atoms with E-state index in [1.165, 1.54) is 6.07 Å². The van der Waals surface area contributed by atoms with Gasteiger partial charge in [0.2, 0.25) is 5.95 Å². The number of imidazole rings is 1. The molecule has 0 amide bonds. The van der Waals surface area contributed by atoms with Crippen molar-refractivity contribution >= 4 is 28.6 Å². The third-order valence-electron chi connectivity index (χ3n) is 3.76. The van der Waals surface area contributed by atoms with Gasteiger partial charge in [-0.3, -0.25) is 0 Å². The number of hydrogen-bond donors (Lipinski definition) is 1. The van der Waals surface area contributed by atoms with Crippen molar-refractivity contribution in [2.75, 3.05) is 5.73 Å². The molecule has 3 rings (SSSR count). The molecule has 0 aliphatic carbocycles. The molecule has 1 atom stereocenters.